The summed E-state index contributed by atoms with van der Waals surface area (Å²) in [5.41, 5.74) is 1.27. The van der Waals surface area contributed by atoms with Gasteiger partial charge in [-0.05, 0) is 24.9 Å². The van der Waals surface area contributed by atoms with E-state index in [-0.39, 0.29) is 6.10 Å². The van der Waals surface area contributed by atoms with E-state index in [1.165, 1.54) is 18.4 Å². The van der Waals surface area contributed by atoms with Crippen molar-refractivity contribution in [2.75, 3.05) is 13.7 Å². The fourth-order valence-electron chi connectivity index (χ4n) is 2.15. The van der Waals surface area contributed by atoms with Crippen LogP contribution in [0.4, 0.5) is 0 Å². The molecule has 1 saturated heterocycles. The minimum atomic E-state index is 0.207. The van der Waals surface area contributed by atoms with Crippen molar-refractivity contribution in [3.8, 4) is 0 Å². The molecule has 1 aromatic carbocycles. The van der Waals surface area contributed by atoms with Gasteiger partial charge in [0.15, 0.2) is 0 Å². The van der Waals surface area contributed by atoms with E-state index in [1.807, 2.05) is 6.07 Å². The smallest absolute Gasteiger partial charge is 0.0973 e. The number of methoxy groups -OCH3 is 1. The van der Waals surface area contributed by atoms with E-state index in [2.05, 4.69) is 29.6 Å². The quantitative estimate of drug-likeness (QED) is 0.790. The molecule has 0 saturated carbocycles. The van der Waals surface area contributed by atoms with E-state index in [1.54, 1.807) is 7.11 Å². The number of ether oxygens (including phenoxy) is 1. The lowest BCUT2D eigenvalue weighted by Gasteiger charge is -2.22. The zero-order valence-electron chi connectivity index (χ0n) is 8.57. The van der Waals surface area contributed by atoms with Crippen LogP contribution in [0.1, 0.15) is 24.5 Å². The highest BCUT2D eigenvalue weighted by molar-refractivity contribution is 5.19. The molecule has 1 heterocycles. The van der Waals surface area contributed by atoms with Crippen molar-refractivity contribution in [2.24, 2.45) is 0 Å². The third-order valence-electron chi connectivity index (χ3n) is 2.85. The predicted octanol–water partition coefficient (Wildman–Crippen LogP) is 2.13. The topological polar surface area (TPSA) is 21.3 Å². The molecule has 0 unspecified atom stereocenters. The molecular weight excluding hydrogens is 174 g/mol. The maximum absolute atomic E-state index is 5.56. The average molecular weight is 191 g/mol. The van der Waals surface area contributed by atoms with Crippen LogP contribution in [0.2, 0.25) is 0 Å². The van der Waals surface area contributed by atoms with E-state index in [9.17, 15) is 0 Å². The number of hydrogen-bond acceptors (Lipinski definition) is 2. The van der Waals surface area contributed by atoms with Crippen LogP contribution >= 0.6 is 0 Å². The molecule has 2 heteroatoms. The summed E-state index contributed by atoms with van der Waals surface area (Å²) in [7, 11) is 1.79. The molecule has 1 aliphatic heterocycles. The Kier molecular flexibility index (Phi) is 3.17. The van der Waals surface area contributed by atoms with Gasteiger partial charge in [0.2, 0.25) is 0 Å². The largest absolute Gasteiger partial charge is 0.375 e. The van der Waals surface area contributed by atoms with Crippen molar-refractivity contribution in [1.82, 2.24) is 5.32 Å². The second-order valence-electron chi connectivity index (χ2n) is 3.77. The van der Waals surface area contributed by atoms with Crippen molar-refractivity contribution in [3.63, 3.8) is 0 Å². The van der Waals surface area contributed by atoms with Crippen LogP contribution in [0, 0.1) is 0 Å². The summed E-state index contributed by atoms with van der Waals surface area (Å²) in [5.74, 6) is 0. The van der Waals surface area contributed by atoms with Crippen LogP contribution in [0.3, 0.4) is 0 Å². The molecule has 76 valence electrons. The Hall–Kier alpha value is -0.860. The summed E-state index contributed by atoms with van der Waals surface area (Å²) < 4.78 is 5.56. The van der Waals surface area contributed by atoms with Crippen molar-refractivity contribution >= 4 is 0 Å². The minimum absolute atomic E-state index is 0.207. The zero-order chi connectivity index (χ0) is 9.80. The first-order valence-corrected chi connectivity index (χ1v) is 5.23. The number of benzene rings is 1. The van der Waals surface area contributed by atoms with Crippen molar-refractivity contribution in [3.05, 3.63) is 35.9 Å². The molecule has 0 radical (unpaired) electrons. The molecule has 0 amide bonds. The molecule has 2 rings (SSSR count). The standard InChI is InChI=1S/C12H17NO/c1-14-12(11-8-5-9-13-11)10-6-3-2-4-7-10/h2-4,6-7,11-13H,5,8-9H2,1H3/t11-,12+/m1/s1. The highest BCUT2D eigenvalue weighted by Crippen LogP contribution is 2.25. The maximum Gasteiger partial charge on any atom is 0.0973 e. The molecule has 0 bridgehead atoms. The lowest BCUT2D eigenvalue weighted by molar-refractivity contribution is 0.0741. The normalized spacial score (nSPS) is 23.6. The first kappa shape index (κ1) is 9.69. The monoisotopic (exact) mass is 191 g/mol. The molecular formula is C12H17NO. The van der Waals surface area contributed by atoms with Crippen molar-refractivity contribution < 1.29 is 4.74 Å². The summed E-state index contributed by atoms with van der Waals surface area (Å²) in [6.07, 6.45) is 2.68. The fraction of sp³-hybridized carbons (Fsp3) is 0.500. The second kappa shape index (κ2) is 4.58. The van der Waals surface area contributed by atoms with Gasteiger partial charge in [-0.3, -0.25) is 0 Å². The Morgan fingerprint density at radius 2 is 2.14 bits per heavy atom. The lowest BCUT2D eigenvalue weighted by Crippen LogP contribution is -2.29. The minimum Gasteiger partial charge on any atom is -0.375 e. The van der Waals surface area contributed by atoms with E-state index in [4.69, 9.17) is 4.74 Å². The van der Waals surface area contributed by atoms with E-state index >= 15 is 0 Å². The molecule has 1 N–H and O–H groups in total. The van der Waals surface area contributed by atoms with E-state index < -0.39 is 0 Å². The van der Waals surface area contributed by atoms with Gasteiger partial charge in [0.25, 0.3) is 0 Å². The number of nitrogens with one attached hydrogen (secondary N) is 1. The Balaban J connectivity index is 2.12. The lowest BCUT2D eigenvalue weighted by atomic mass is 10.0. The summed E-state index contributed by atoms with van der Waals surface area (Å²) in [4.78, 5) is 0. The molecule has 1 aromatic rings. The third kappa shape index (κ3) is 1.97. The van der Waals surface area contributed by atoms with E-state index in [0.29, 0.717) is 6.04 Å². The maximum atomic E-state index is 5.56. The fourth-order valence-corrected chi connectivity index (χ4v) is 2.15. The molecule has 1 aliphatic rings. The van der Waals surface area contributed by atoms with Gasteiger partial charge in [-0.25, -0.2) is 0 Å². The van der Waals surface area contributed by atoms with Crippen LogP contribution in [0.25, 0.3) is 0 Å². The molecule has 2 nitrogen and oxygen atoms in total. The van der Waals surface area contributed by atoms with Gasteiger partial charge in [0, 0.05) is 13.2 Å². The third-order valence-corrected chi connectivity index (χ3v) is 2.85. The van der Waals surface area contributed by atoms with Gasteiger partial charge in [-0.1, -0.05) is 30.3 Å². The predicted molar refractivity (Wildman–Crippen MR) is 57.2 cm³/mol. The summed E-state index contributed by atoms with van der Waals surface area (Å²) in [6, 6.07) is 10.9. The Morgan fingerprint density at radius 3 is 2.71 bits per heavy atom. The SMILES string of the molecule is CO[C@@H](c1ccccc1)[C@H]1CCCN1. The van der Waals surface area contributed by atoms with Crippen LogP contribution in [0.5, 0.6) is 0 Å². The van der Waals surface area contributed by atoms with Crippen LogP contribution < -0.4 is 5.32 Å². The van der Waals surface area contributed by atoms with Gasteiger partial charge in [-0.15, -0.1) is 0 Å². The number of rotatable bonds is 3. The Bertz CT molecular complexity index is 267. The molecule has 14 heavy (non-hydrogen) atoms. The molecule has 2 atom stereocenters. The number of hydrogen-bond donors (Lipinski definition) is 1. The molecule has 0 aromatic heterocycles. The van der Waals surface area contributed by atoms with Gasteiger partial charge >= 0.3 is 0 Å². The van der Waals surface area contributed by atoms with E-state index in [0.717, 1.165) is 6.54 Å². The summed E-state index contributed by atoms with van der Waals surface area (Å²) in [5, 5.41) is 3.48. The zero-order valence-corrected chi connectivity index (χ0v) is 8.57. The van der Waals surface area contributed by atoms with Gasteiger partial charge < -0.3 is 10.1 Å². The second-order valence-corrected chi connectivity index (χ2v) is 3.77. The average Bonchev–Trinajstić information content (AvgIpc) is 2.74. The van der Waals surface area contributed by atoms with Gasteiger partial charge in [0.05, 0.1) is 6.10 Å². The van der Waals surface area contributed by atoms with Crippen molar-refractivity contribution in [1.29, 1.82) is 0 Å². The van der Waals surface area contributed by atoms with Crippen LogP contribution in [0.15, 0.2) is 30.3 Å². The van der Waals surface area contributed by atoms with Crippen molar-refractivity contribution in [2.45, 2.75) is 25.0 Å². The highest BCUT2D eigenvalue weighted by Gasteiger charge is 2.25. The molecule has 0 aliphatic carbocycles. The Labute approximate surface area is 85.3 Å². The molecule has 0 spiro atoms. The van der Waals surface area contributed by atoms with Crippen LogP contribution in [-0.4, -0.2) is 19.7 Å². The highest BCUT2D eigenvalue weighted by atomic mass is 16.5. The van der Waals surface area contributed by atoms with Crippen LogP contribution in [-0.2, 0) is 4.74 Å². The van der Waals surface area contributed by atoms with Gasteiger partial charge in [0.1, 0.15) is 0 Å². The molecule has 1 fully saturated rings. The first-order chi connectivity index (χ1) is 6.92. The summed E-state index contributed by atoms with van der Waals surface area (Å²) in [6.45, 7) is 1.12. The first-order valence-electron chi connectivity index (χ1n) is 5.23. The summed E-state index contributed by atoms with van der Waals surface area (Å²) >= 11 is 0. The van der Waals surface area contributed by atoms with Gasteiger partial charge in [-0.2, -0.15) is 0 Å². The Morgan fingerprint density at radius 1 is 1.36 bits per heavy atom.